The SMILES string of the molecule is CCCNc1ncc(F)c(NCc2ccsc2)n1. The molecule has 0 aliphatic carbocycles. The summed E-state index contributed by atoms with van der Waals surface area (Å²) in [5.41, 5.74) is 1.11. The first-order valence-electron chi connectivity index (χ1n) is 5.81. The molecule has 0 bridgehead atoms. The fourth-order valence-corrected chi connectivity index (χ4v) is 2.06. The van der Waals surface area contributed by atoms with Crippen LogP contribution in [0.25, 0.3) is 0 Å². The number of hydrogen-bond donors (Lipinski definition) is 2. The van der Waals surface area contributed by atoms with E-state index in [4.69, 9.17) is 0 Å². The lowest BCUT2D eigenvalue weighted by Crippen LogP contribution is -2.09. The van der Waals surface area contributed by atoms with Crippen molar-refractivity contribution < 1.29 is 4.39 Å². The van der Waals surface area contributed by atoms with Gasteiger partial charge in [0.25, 0.3) is 0 Å². The van der Waals surface area contributed by atoms with Crippen molar-refractivity contribution in [1.82, 2.24) is 9.97 Å². The molecule has 0 saturated heterocycles. The molecule has 0 fully saturated rings. The van der Waals surface area contributed by atoms with Crippen LogP contribution in [0, 0.1) is 5.82 Å². The quantitative estimate of drug-likeness (QED) is 0.843. The normalized spacial score (nSPS) is 10.3. The predicted molar refractivity (Wildman–Crippen MR) is 72.4 cm³/mol. The van der Waals surface area contributed by atoms with Crippen LogP contribution in [-0.2, 0) is 6.54 Å². The zero-order valence-corrected chi connectivity index (χ0v) is 10.9. The summed E-state index contributed by atoms with van der Waals surface area (Å²) in [4.78, 5) is 7.99. The van der Waals surface area contributed by atoms with Crippen LogP contribution in [0.2, 0.25) is 0 Å². The van der Waals surface area contributed by atoms with Gasteiger partial charge in [0.2, 0.25) is 5.95 Å². The Kier molecular flexibility index (Phi) is 4.46. The average molecular weight is 266 g/mol. The van der Waals surface area contributed by atoms with Crippen LogP contribution in [0.4, 0.5) is 16.2 Å². The maximum absolute atomic E-state index is 13.5. The number of hydrogen-bond acceptors (Lipinski definition) is 5. The largest absolute Gasteiger partial charge is 0.363 e. The molecule has 0 aliphatic rings. The van der Waals surface area contributed by atoms with Crippen LogP contribution in [0.15, 0.2) is 23.0 Å². The molecule has 2 heterocycles. The molecule has 0 atom stereocenters. The van der Waals surface area contributed by atoms with Crippen LogP contribution in [-0.4, -0.2) is 16.5 Å². The highest BCUT2D eigenvalue weighted by Gasteiger charge is 2.06. The van der Waals surface area contributed by atoms with Crippen molar-refractivity contribution in [3.63, 3.8) is 0 Å². The first-order valence-corrected chi connectivity index (χ1v) is 6.75. The summed E-state index contributed by atoms with van der Waals surface area (Å²) < 4.78 is 13.5. The first-order chi connectivity index (χ1) is 8.79. The molecule has 2 rings (SSSR count). The van der Waals surface area contributed by atoms with E-state index in [1.54, 1.807) is 11.3 Å². The molecule has 4 nitrogen and oxygen atoms in total. The highest BCUT2D eigenvalue weighted by molar-refractivity contribution is 7.07. The van der Waals surface area contributed by atoms with Gasteiger partial charge >= 0.3 is 0 Å². The van der Waals surface area contributed by atoms with Crippen LogP contribution < -0.4 is 10.6 Å². The summed E-state index contributed by atoms with van der Waals surface area (Å²) in [6.07, 6.45) is 2.15. The number of halogens is 1. The molecule has 2 N–H and O–H groups in total. The topological polar surface area (TPSA) is 49.8 Å². The minimum Gasteiger partial charge on any atom is -0.363 e. The highest BCUT2D eigenvalue weighted by atomic mass is 32.1. The van der Waals surface area contributed by atoms with Gasteiger partial charge < -0.3 is 10.6 Å². The van der Waals surface area contributed by atoms with E-state index in [-0.39, 0.29) is 5.82 Å². The van der Waals surface area contributed by atoms with Crippen LogP contribution in [0.1, 0.15) is 18.9 Å². The number of thiophene rings is 1. The molecule has 2 aromatic rings. The van der Waals surface area contributed by atoms with Crippen molar-refractivity contribution >= 4 is 23.1 Å². The fraction of sp³-hybridized carbons (Fsp3) is 0.333. The van der Waals surface area contributed by atoms with Gasteiger partial charge in [0.1, 0.15) is 0 Å². The molecule has 96 valence electrons. The monoisotopic (exact) mass is 266 g/mol. The molecule has 18 heavy (non-hydrogen) atoms. The second kappa shape index (κ2) is 6.30. The van der Waals surface area contributed by atoms with Crippen molar-refractivity contribution in [2.75, 3.05) is 17.2 Å². The maximum atomic E-state index is 13.5. The van der Waals surface area contributed by atoms with E-state index in [1.807, 2.05) is 23.8 Å². The second-order valence-corrected chi connectivity index (χ2v) is 4.58. The molecular weight excluding hydrogens is 251 g/mol. The van der Waals surface area contributed by atoms with Gasteiger partial charge in [-0.1, -0.05) is 6.92 Å². The van der Waals surface area contributed by atoms with Gasteiger partial charge in [-0.05, 0) is 28.8 Å². The summed E-state index contributed by atoms with van der Waals surface area (Å²) in [5, 5.41) is 10.0. The molecule has 0 radical (unpaired) electrons. The van der Waals surface area contributed by atoms with E-state index in [1.165, 1.54) is 6.20 Å². The van der Waals surface area contributed by atoms with Gasteiger partial charge in [-0.25, -0.2) is 9.37 Å². The van der Waals surface area contributed by atoms with Crippen molar-refractivity contribution in [3.05, 3.63) is 34.4 Å². The maximum Gasteiger partial charge on any atom is 0.224 e. The lowest BCUT2D eigenvalue weighted by molar-refractivity contribution is 0.617. The number of aromatic nitrogens is 2. The number of rotatable bonds is 6. The molecule has 2 aromatic heterocycles. The molecular formula is C12H15FN4S. The second-order valence-electron chi connectivity index (χ2n) is 3.80. The van der Waals surface area contributed by atoms with E-state index in [0.29, 0.717) is 12.5 Å². The molecule has 0 unspecified atom stereocenters. The third-order valence-electron chi connectivity index (χ3n) is 2.32. The number of anilines is 2. The summed E-state index contributed by atoms with van der Waals surface area (Å²) in [7, 11) is 0. The summed E-state index contributed by atoms with van der Waals surface area (Å²) in [6.45, 7) is 3.38. The molecule has 0 aromatic carbocycles. The van der Waals surface area contributed by atoms with Crippen molar-refractivity contribution in [1.29, 1.82) is 0 Å². The predicted octanol–water partition coefficient (Wildman–Crippen LogP) is 3.11. The Bertz CT molecular complexity index is 487. The molecule has 0 saturated carbocycles. The lowest BCUT2D eigenvalue weighted by atomic mass is 10.3. The summed E-state index contributed by atoms with van der Waals surface area (Å²) in [6, 6.07) is 1.99. The van der Waals surface area contributed by atoms with Gasteiger partial charge in [-0.3, -0.25) is 0 Å². The molecule has 0 spiro atoms. The van der Waals surface area contributed by atoms with Crippen LogP contribution in [0.3, 0.4) is 0 Å². The molecule has 0 aliphatic heterocycles. The molecule has 0 amide bonds. The van der Waals surface area contributed by atoms with E-state index < -0.39 is 5.82 Å². The smallest absolute Gasteiger partial charge is 0.224 e. The Balaban J connectivity index is 2.01. The summed E-state index contributed by atoms with van der Waals surface area (Å²) >= 11 is 1.61. The minimum atomic E-state index is -0.438. The fourth-order valence-electron chi connectivity index (χ4n) is 1.39. The number of nitrogens with zero attached hydrogens (tertiary/aromatic N) is 2. The third-order valence-corrected chi connectivity index (χ3v) is 3.05. The zero-order chi connectivity index (χ0) is 12.8. The number of nitrogens with one attached hydrogen (secondary N) is 2. The Morgan fingerprint density at radius 2 is 2.28 bits per heavy atom. The van der Waals surface area contributed by atoms with Crippen molar-refractivity contribution in [2.24, 2.45) is 0 Å². The molecule has 6 heteroatoms. The Morgan fingerprint density at radius 3 is 3.00 bits per heavy atom. The van der Waals surface area contributed by atoms with Gasteiger partial charge in [-0.2, -0.15) is 16.3 Å². The summed E-state index contributed by atoms with van der Waals surface area (Å²) in [5.74, 6) is 0.244. The van der Waals surface area contributed by atoms with Gasteiger partial charge in [0, 0.05) is 13.1 Å². The van der Waals surface area contributed by atoms with Crippen molar-refractivity contribution in [3.8, 4) is 0 Å². The Hall–Kier alpha value is -1.69. The van der Waals surface area contributed by atoms with Crippen LogP contribution in [0.5, 0.6) is 0 Å². The zero-order valence-electron chi connectivity index (χ0n) is 10.1. The average Bonchev–Trinajstić information content (AvgIpc) is 2.89. The van der Waals surface area contributed by atoms with Gasteiger partial charge in [0.05, 0.1) is 6.20 Å². The van der Waals surface area contributed by atoms with E-state index in [9.17, 15) is 4.39 Å². The Labute approximate surface area is 109 Å². The van der Waals surface area contributed by atoms with E-state index in [0.717, 1.165) is 18.5 Å². The van der Waals surface area contributed by atoms with Crippen LogP contribution >= 0.6 is 11.3 Å². The van der Waals surface area contributed by atoms with E-state index in [2.05, 4.69) is 20.6 Å². The van der Waals surface area contributed by atoms with Crippen molar-refractivity contribution in [2.45, 2.75) is 19.9 Å². The third kappa shape index (κ3) is 3.40. The standard InChI is InChI=1S/C12H15FN4S/c1-2-4-14-12-16-7-10(13)11(17-12)15-6-9-3-5-18-8-9/h3,5,7-8H,2,4,6H2,1H3,(H2,14,15,16,17). The lowest BCUT2D eigenvalue weighted by Gasteiger charge is -2.08. The first kappa shape index (κ1) is 12.8. The van der Waals surface area contributed by atoms with Gasteiger partial charge in [0.15, 0.2) is 11.6 Å². The minimum absolute atomic E-state index is 0.231. The Morgan fingerprint density at radius 1 is 1.39 bits per heavy atom. The van der Waals surface area contributed by atoms with E-state index >= 15 is 0 Å². The van der Waals surface area contributed by atoms with Gasteiger partial charge in [-0.15, -0.1) is 0 Å². The highest BCUT2D eigenvalue weighted by Crippen LogP contribution is 2.14.